The second-order valence-corrected chi connectivity index (χ2v) is 5.48. The fourth-order valence-electron chi connectivity index (χ4n) is 3.12. The normalized spacial score (nSPS) is 29.5. The molecule has 3 nitrogen and oxygen atoms in total. The number of carbonyl (C=O) groups is 1. The third-order valence-electron chi connectivity index (χ3n) is 4.35. The molecule has 1 fully saturated rings. The quantitative estimate of drug-likeness (QED) is 0.845. The second kappa shape index (κ2) is 4.73. The van der Waals surface area contributed by atoms with E-state index in [0.29, 0.717) is 12.0 Å². The zero-order chi connectivity index (χ0) is 12.5. The van der Waals surface area contributed by atoms with Crippen LogP contribution in [-0.4, -0.2) is 25.0 Å². The third kappa shape index (κ3) is 2.03. The van der Waals surface area contributed by atoms with Crippen LogP contribution >= 0.6 is 0 Å². The predicted octanol–water partition coefficient (Wildman–Crippen LogP) is 1.44. The molecule has 3 atom stereocenters. The van der Waals surface area contributed by atoms with Gasteiger partial charge in [-0.15, -0.1) is 0 Å². The average Bonchev–Trinajstić information content (AvgIpc) is 2.76. The summed E-state index contributed by atoms with van der Waals surface area (Å²) in [6.07, 6.45) is 2.07. The monoisotopic (exact) mass is 244 g/mol. The van der Waals surface area contributed by atoms with Crippen molar-refractivity contribution in [2.75, 3.05) is 13.1 Å². The van der Waals surface area contributed by atoms with Crippen LogP contribution in [0.3, 0.4) is 0 Å². The molecule has 1 aliphatic heterocycles. The molecule has 0 radical (unpaired) electrons. The highest BCUT2D eigenvalue weighted by molar-refractivity contribution is 5.79. The van der Waals surface area contributed by atoms with Gasteiger partial charge in [0, 0.05) is 18.5 Å². The Labute approximate surface area is 108 Å². The van der Waals surface area contributed by atoms with E-state index in [9.17, 15) is 4.79 Å². The van der Waals surface area contributed by atoms with E-state index in [-0.39, 0.29) is 11.8 Å². The van der Waals surface area contributed by atoms with Crippen LogP contribution in [-0.2, 0) is 11.2 Å². The summed E-state index contributed by atoms with van der Waals surface area (Å²) in [4.78, 5) is 12.1. The average molecular weight is 244 g/mol. The summed E-state index contributed by atoms with van der Waals surface area (Å²) >= 11 is 0. The van der Waals surface area contributed by atoms with Crippen LogP contribution in [0, 0.1) is 5.92 Å². The Balaban J connectivity index is 1.53. The number of fused-ring (bicyclic) bond motifs is 1. The SMILES string of the molecule is CC1NCCC1C(=O)NCC1Cc2ccccc21. The topological polar surface area (TPSA) is 41.1 Å². The Morgan fingerprint density at radius 1 is 1.44 bits per heavy atom. The van der Waals surface area contributed by atoms with Gasteiger partial charge in [0.15, 0.2) is 0 Å². The van der Waals surface area contributed by atoms with E-state index in [1.165, 1.54) is 11.1 Å². The summed E-state index contributed by atoms with van der Waals surface area (Å²) < 4.78 is 0. The first kappa shape index (κ1) is 11.7. The molecule has 1 saturated heterocycles. The van der Waals surface area contributed by atoms with E-state index in [0.717, 1.165) is 25.9 Å². The van der Waals surface area contributed by atoms with Gasteiger partial charge in [-0.3, -0.25) is 4.79 Å². The van der Waals surface area contributed by atoms with Gasteiger partial charge in [0.2, 0.25) is 5.91 Å². The number of rotatable bonds is 3. The molecule has 3 heteroatoms. The molecule has 0 spiro atoms. The van der Waals surface area contributed by atoms with Crippen LogP contribution < -0.4 is 10.6 Å². The summed E-state index contributed by atoms with van der Waals surface area (Å²) in [5.74, 6) is 0.895. The first-order chi connectivity index (χ1) is 8.75. The zero-order valence-corrected chi connectivity index (χ0v) is 10.8. The summed E-state index contributed by atoms with van der Waals surface area (Å²) in [5, 5.41) is 6.44. The molecular formula is C15H20N2O. The minimum Gasteiger partial charge on any atom is -0.355 e. The standard InChI is InChI=1S/C15H20N2O/c1-10-13(6-7-16-10)15(18)17-9-12-8-11-4-2-3-5-14(11)12/h2-5,10,12-13,16H,6-9H2,1H3,(H,17,18). The Morgan fingerprint density at radius 2 is 2.28 bits per heavy atom. The smallest absolute Gasteiger partial charge is 0.224 e. The van der Waals surface area contributed by atoms with Crippen molar-refractivity contribution in [1.29, 1.82) is 0 Å². The first-order valence-electron chi connectivity index (χ1n) is 6.84. The molecule has 2 N–H and O–H groups in total. The Bertz CT molecular complexity index is 458. The minimum absolute atomic E-state index is 0.153. The van der Waals surface area contributed by atoms with Crippen molar-refractivity contribution in [3.8, 4) is 0 Å². The lowest BCUT2D eigenvalue weighted by atomic mass is 9.77. The van der Waals surface area contributed by atoms with Crippen molar-refractivity contribution in [1.82, 2.24) is 10.6 Å². The molecule has 96 valence electrons. The Hall–Kier alpha value is -1.35. The maximum atomic E-state index is 12.1. The number of nitrogens with one attached hydrogen (secondary N) is 2. The van der Waals surface area contributed by atoms with Gasteiger partial charge in [0.05, 0.1) is 5.92 Å². The van der Waals surface area contributed by atoms with Crippen LogP contribution in [0.15, 0.2) is 24.3 Å². The summed E-state index contributed by atoms with van der Waals surface area (Å²) in [7, 11) is 0. The second-order valence-electron chi connectivity index (χ2n) is 5.48. The van der Waals surface area contributed by atoms with Gasteiger partial charge < -0.3 is 10.6 Å². The highest BCUT2D eigenvalue weighted by Gasteiger charge is 2.31. The van der Waals surface area contributed by atoms with Crippen molar-refractivity contribution >= 4 is 5.91 Å². The summed E-state index contributed by atoms with van der Waals surface area (Å²) in [6, 6.07) is 8.83. The van der Waals surface area contributed by atoms with E-state index in [2.05, 4.69) is 41.8 Å². The summed E-state index contributed by atoms with van der Waals surface area (Å²) in [6.45, 7) is 3.85. The van der Waals surface area contributed by atoms with Crippen LogP contribution in [0.4, 0.5) is 0 Å². The third-order valence-corrected chi connectivity index (χ3v) is 4.35. The molecule has 18 heavy (non-hydrogen) atoms. The number of carbonyl (C=O) groups excluding carboxylic acids is 1. The van der Waals surface area contributed by atoms with Gasteiger partial charge in [-0.05, 0) is 37.4 Å². The molecule has 1 amide bonds. The van der Waals surface area contributed by atoms with Crippen LogP contribution in [0.25, 0.3) is 0 Å². The number of hydrogen-bond acceptors (Lipinski definition) is 2. The molecule has 0 aromatic heterocycles. The molecule has 0 saturated carbocycles. The highest BCUT2D eigenvalue weighted by atomic mass is 16.1. The lowest BCUT2D eigenvalue weighted by Gasteiger charge is -2.30. The van der Waals surface area contributed by atoms with Crippen molar-refractivity contribution in [2.24, 2.45) is 5.92 Å². The van der Waals surface area contributed by atoms with E-state index in [4.69, 9.17) is 0 Å². The van der Waals surface area contributed by atoms with Gasteiger partial charge in [-0.25, -0.2) is 0 Å². The molecule has 1 aromatic carbocycles. The van der Waals surface area contributed by atoms with E-state index in [1.54, 1.807) is 0 Å². The molecule has 1 aliphatic carbocycles. The maximum absolute atomic E-state index is 12.1. The molecule has 1 aromatic rings. The van der Waals surface area contributed by atoms with Crippen LogP contribution in [0.5, 0.6) is 0 Å². The fourth-order valence-corrected chi connectivity index (χ4v) is 3.12. The van der Waals surface area contributed by atoms with Crippen molar-refractivity contribution in [3.05, 3.63) is 35.4 Å². The van der Waals surface area contributed by atoms with E-state index >= 15 is 0 Å². The molecular weight excluding hydrogens is 224 g/mol. The molecule has 3 rings (SSSR count). The first-order valence-corrected chi connectivity index (χ1v) is 6.84. The lowest BCUT2D eigenvalue weighted by Crippen LogP contribution is -2.40. The largest absolute Gasteiger partial charge is 0.355 e. The van der Waals surface area contributed by atoms with Crippen molar-refractivity contribution in [2.45, 2.75) is 31.7 Å². The van der Waals surface area contributed by atoms with Gasteiger partial charge >= 0.3 is 0 Å². The fraction of sp³-hybridized carbons (Fsp3) is 0.533. The van der Waals surface area contributed by atoms with E-state index < -0.39 is 0 Å². The number of benzene rings is 1. The Morgan fingerprint density at radius 3 is 3.00 bits per heavy atom. The minimum atomic E-state index is 0.153. The van der Waals surface area contributed by atoms with Gasteiger partial charge in [0.25, 0.3) is 0 Å². The van der Waals surface area contributed by atoms with Gasteiger partial charge in [-0.2, -0.15) is 0 Å². The highest BCUT2D eigenvalue weighted by Crippen LogP contribution is 2.34. The van der Waals surface area contributed by atoms with Crippen LogP contribution in [0.1, 0.15) is 30.4 Å². The molecule has 2 aliphatic rings. The predicted molar refractivity (Wildman–Crippen MR) is 71.5 cm³/mol. The molecule has 3 unspecified atom stereocenters. The van der Waals surface area contributed by atoms with Crippen molar-refractivity contribution < 1.29 is 4.79 Å². The summed E-state index contributed by atoms with van der Waals surface area (Å²) in [5.41, 5.74) is 2.85. The lowest BCUT2D eigenvalue weighted by molar-refractivity contribution is -0.125. The molecule has 0 bridgehead atoms. The van der Waals surface area contributed by atoms with E-state index in [1.807, 2.05) is 0 Å². The number of amides is 1. The van der Waals surface area contributed by atoms with Gasteiger partial charge in [-0.1, -0.05) is 24.3 Å². The number of hydrogen-bond donors (Lipinski definition) is 2. The van der Waals surface area contributed by atoms with Crippen molar-refractivity contribution in [3.63, 3.8) is 0 Å². The maximum Gasteiger partial charge on any atom is 0.224 e. The zero-order valence-electron chi connectivity index (χ0n) is 10.8. The Kier molecular flexibility index (Phi) is 3.08. The van der Waals surface area contributed by atoms with Gasteiger partial charge in [0.1, 0.15) is 0 Å². The van der Waals surface area contributed by atoms with Crippen LogP contribution in [0.2, 0.25) is 0 Å². The molecule has 1 heterocycles.